The lowest BCUT2D eigenvalue weighted by atomic mass is 10.2. The van der Waals surface area contributed by atoms with Gasteiger partial charge in [-0.2, -0.15) is 0 Å². The smallest absolute Gasteiger partial charge is 0.160 e. The minimum absolute atomic E-state index is 0.371. The minimum Gasteiger partial charge on any atom is -0.310 e. The average molecular weight is 295 g/mol. The number of fused-ring (bicyclic) bond motifs is 1. The highest BCUT2D eigenvalue weighted by Gasteiger charge is 2.16. The van der Waals surface area contributed by atoms with E-state index in [-0.39, 0.29) is 0 Å². The van der Waals surface area contributed by atoms with E-state index in [0.717, 1.165) is 41.9 Å². The van der Waals surface area contributed by atoms with Gasteiger partial charge in [-0.1, -0.05) is 0 Å². The predicted octanol–water partition coefficient (Wildman–Crippen LogP) is 3.03. The van der Waals surface area contributed by atoms with Gasteiger partial charge in [0, 0.05) is 24.5 Å². The molecule has 110 valence electrons. The number of aryl methyl sites for hydroxylation is 2. The molecule has 0 spiro atoms. The normalized spacial score (nSPS) is 13.3. The van der Waals surface area contributed by atoms with Crippen LogP contribution in [-0.4, -0.2) is 46.0 Å². The summed E-state index contributed by atoms with van der Waals surface area (Å²) >= 11 is 5.92. The Labute approximate surface area is 125 Å². The Kier molecular flexibility index (Phi) is 5.00. The third-order valence-electron chi connectivity index (χ3n) is 3.49. The van der Waals surface area contributed by atoms with E-state index in [2.05, 4.69) is 41.5 Å². The summed E-state index contributed by atoms with van der Waals surface area (Å²) in [4.78, 5) is 11.5. The number of imidazole rings is 1. The van der Waals surface area contributed by atoms with Crippen molar-refractivity contribution in [3.8, 4) is 0 Å². The van der Waals surface area contributed by atoms with Crippen LogP contribution in [0.4, 0.5) is 0 Å². The Hall–Kier alpha value is -1.13. The molecule has 1 atom stereocenters. The van der Waals surface area contributed by atoms with Crippen LogP contribution in [0.15, 0.2) is 12.3 Å². The fourth-order valence-corrected chi connectivity index (χ4v) is 2.60. The van der Waals surface area contributed by atoms with Crippen LogP contribution in [0.5, 0.6) is 0 Å². The Balaban J connectivity index is 2.39. The van der Waals surface area contributed by atoms with Gasteiger partial charge in [0.05, 0.1) is 0 Å². The lowest BCUT2D eigenvalue weighted by Crippen LogP contribution is -2.19. The van der Waals surface area contributed by atoms with Crippen molar-refractivity contribution in [2.24, 2.45) is 0 Å². The maximum Gasteiger partial charge on any atom is 0.160 e. The summed E-state index contributed by atoms with van der Waals surface area (Å²) in [6.07, 6.45) is 3.76. The third-order valence-corrected chi connectivity index (χ3v) is 3.68. The van der Waals surface area contributed by atoms with Crippen molar-refractivity contribution < 1.29 is 0 Å². The molecule has 2 aromatic heterocycles. The molecule has 4 nitrogen and oxygen atoms in total. The van der Waals surface area contributed by atoms with Crippen molar-refractivity contribution in [3.63, 3.8) is 0 Å². The van der Waals surface area contributed by atoms with Crippen LogP contribution in [0.25, 0.3) is 11.2 Å². The number of hydrogen-bond donors (Lipinski definition) is 0. The number of pyridine rings is 1. The number of nitrogens with zero attached hydrogens (tertiary/aromatic N) is 4. The summed E-state index contributed by atoms with van der Waals surface area (Å²) in [5.74, 6) is 1.63. The van der Waals surface area contributed by atoms with E-state index in [9.17, 15) is 0 Å². The molecule has 0 amide bonds. The molecule has 0 fully saturated rings. The standard InChI is InChI=1S/C15H23ClN4/c1-11-9-13-15(17-10-11)20(14(18-13)5-7-16)12(2)6-8-19(3)4/h9-10,12H,5-8H2,1-4H3. The zero-order valence-corrected chi connectivity index (χ0v) is 13.5. The van der Waals surface area contributed by atoms with Gasteiger partial charge in [-0.3, -0.25) is 0 Å². The highest BCUT2D eigenvalue weighted by molar-refractivity contribution is 6.17. The SMILES string of the molecule is Cc1cnc2c(c1)nc(CCCl)n2C(C)CCN(C)C. The van der Waals surface area contributed by atoms with Gasteiger partial charge in [0.2, 0.25) is 0 Å². The number of alkyl halides is 1. The van der Waals surface area contributed by atoms with E-state index in [4.69, 9.17) is 16.6 Å². The Bertz CT molecular complexity index is 577. The number of hydrogen-bond acceptors (Lipinski definition) is 3. The molecule has 0 saturated carbocycles. The summed E-state index contributed by atoms with van der Waals surface area (Å²) in [6.45, 7) is 5.32. The monoisotopic (exact) mass is 294 g/mol. The molecular formula is C15H23ClN4. The van der Waals surface area contributed by atoms with Crippen LogP contribution < -0.4 is 0 Å². The van der Waals surface area contributed by atoms with Crippen LogP contribution in [0.1, 0.15) is 30.8 Å². The molecule has 0 aliphatic heterocycles. The molecular weight excluding hydrogens is 272 g/mol. The van der Waals surface area contributed by atoms with Crippen molar-refractivity contribution in [1.82, 2.24) is 19.4 Å². The van der Waals surface area contributed by atoms with Crippen LogP contribution in [0, 0.1) is 6.92 Å². The topological polar surface area (TPSA) is 34.0 Å². The van der Waals surface area contributed by atoms with Crippen molar-refractivity contribution in [1.29, 1.82) is 0 Å². The van der Waals surface area contributed by atoms with Gasteiger partial charge in [-0.25, -0.2) is 9.97 Å². The van der Waals surface area contributed by atoms with Gasteiger partial charge in [0.15, 0.2) is 5.65 Å². The molecule has 0 aliphatic rings. The van der Waals surface area contributed by atoms with E-state index in [0.29, 0.717) is 11.9 Å². The second kappa shape index (κ2) is 6.55. The molecule has 0 N–H and O–H groups in total. The maximum absolute atomic E-state index is 5.92. The van der Waals surface area contributed by atoms with Crippen molar-refractivity contribution in [2.45, 2.75) is 32.7 Å². The molecule has 1 unspecified atom stereocenters. The first-order chi connectivity index (χ1) is 9.52. The van der Waals surface area contributed by atoms with E-state index < -0.39 is 0 Å². The van der Waals surface area contributed by atoms with Gasteiger partial charge in [-0.15, -0.1) is 11.6 Å². The summed E-state index contributed by atoms with van der Waals surface area (Å²) in [5, 5.41) is 0. The molecule has 2 rings (SSSR count). The molecule has 5 heteroatoms. The van der Waals surface area contributed by atoms with Crippen LogP contribution in [0.2, 0.25) is 0 Å². The quantitative estimate of drug-likeness (QED) is 0.768. The highest BCUT2D eigenvalue weighted by atomic mass is 35.5. The van der Waals surface area contributed by atoms with Crippen LogP contribution in [-0.2, 0) is 6.42 Å². The maximum atomic E-state index is 5.92. The van der Waals surface area contributed by atoms with Crippen LogP contribution in [0.3, 0.4) is 0 Å². The van der Waals surface area contributed by atoms with Crippen molar-refractivity contribution in [3.05, 3.63) is 23.7 Å². The van der Waals surface area contributed by atoms with Gasteiger partial charge in [0.25, 0.3) is 0 Å². The molecule has 0 aliphatic carbocycles. The molecule has 0 saturated heterocycles. The molecule has 0 aromatic carbocycles. The fraction of sp³-hybridized carbons (Fsp3) is 0.600. The average Bonchev–Trinajstić information content (AvgIpc) is 2.73. The second-order valence-electron chi connectivity index (χ2n) is 5.63. The number of aromatic nitrogens is 3. The van der Waals surface area contributed by atoms with E-state index >= 15 is 0 Å². The number of halogens is 1. The minimum atomic E-state index is 0.371. The first-order valence-electron chi connectivity index (χ1n) is 7.07. The zero-order valence-electron chi connectivity index (χ0n) is 12.7. The largest absolute Gasteiger partial charge is 0.310 e. The Morgan fingerprint density at radius 3 is 2.80 bits per heavy atom. The summed E-state index contributed by atoms with van der Waals surface area (Å²) < 4.78 is 2.25. The zero-order chi connectivity index (χ0) is 14.7. The van der Waals surface area contributed by atoms with E-state index in [1.165, 1.54) is 0 Å². The summed E-state index contributed by atoms with van der Waals surface area (Å²) in [7, 11) is 4.19. The fourth-order valence-electron chi connectivity index (χ4n) is 2.43. The summed E-state index contributed by atoms with van der Waals surface area (Å²) in [5.41, 5.74) is 3.09. The lowest BCUT2D eigenvalue weighted by Gasteiger charge is -2.19. The van der Waals surface area contributed by atoms with E-state index in [1.807, 2.05) is 13.1 Å². The van der Waals surface area contributed by atoms with Gasteiger partial charge < -0.3 is 9.47 Å². The Morgan fingerprint density at radius 1 is 1.40 bits per heavy atom. The van der Waals surface area contributed by atoms with Crippen molar-refractivity contribution in [2.75, 3.05) is 26.5 Å². The number of rotatable bonds is 6. The first-order valence-corrected chi connectivity index (χ1v) is 7.60. The second-order valence-corrected chi connectivity index (χ2v) is 6.01. The van der Waals surface area contributed by atoms with Crippen molar-refractivity contribution >= 4 is 22.8 Å². The lowest BCUT2D eigenvalue weighted by molar-refractivity contribution is 0.357. The predicted molar refractivity (Wildman–Crippen MR) is 84.6 cm³/mol. The Morgan fingerprint density at radius 2 is 2.15 bits per heavy atom. The van der Waals surface area contributed by atoms with Gasteiger partial charge in [-0.05, 0) is 52.5 Å². The molecule has 0 bridgehead atoms. The molecule has 2 aromatic rings. The molecule has 20 heavy (non-hydrogen) atoms. The summed E-state index contributed by atoms with van der Waals surface area (Å²) in [6, 6.07) is 2.46. The highest BCUT2D eigenvalue weighted by Crippen LogP contribution is 2.23. The van der Waals surface area contributed by atoms with E-state index in [1.54, 1.807) is 0 Å². The molecule has 2 heterocycles. The molecule has 0 radical (unpaired) electrons. The van der Waals surface area contributed by atoms with Gasteiger partial charge in [0.1, 0.15) is 11.3 Å². The van der Waals surface area contributed by atoms with Crippen LogP contribution >= 0.6 is 11.6 Å². The first kappa shape index (κ1) is 15.3. The van der Waals surface area contributed by atoms with Gasteiger partial charge >= 0.3 is 0 Å². The third kappa shape index (κ3) is 3.30.